The maximum atomic E-state index is 12.2. The Kier molecular flexibility index (Phi) is 4.80. The highest BCUT2D eigenvalue weighted by molar-refractivity contribution is 6.32. The van der Waals surface area contributed by atoms with E-state index in [0.29, 0.717) is 23.8 Å². The summed E-state index contributed by atoms with van der Waals surface area (Å²) < 4.78 is 5.01. The topological polar surface area (TPSA) is 80.2 Å². The number of anilines is 1. The van der Waals surface area contributed by atoms with Gasteiger partial charge in [-0.3, -0.25) is 9.78 Å². The van der Waals surface area contributed by atoms with E-state index in [9.17, 15) is 4.79 Å². The summed E-state index contributed by atoms with van der Waals surface area (Å²) in [6, 6.07) is 4.08. The molecule has 0 spiro atoms. The quantitative estimate of drug-likeness (QED) is 0.892. The molecule has 3 rings (SSSR count). The van der Waals surface area contributed by atoms with Crippen molar-refractivity contribution in [1.29, 1.82) is 0 Å². The summed E-state index contributed by atoms with van der Waals surface area (Å²) in [5.41, 5.74) is 1.02. The van der Waals surface area contributed by atoms with Gasteiger partial charge in [-0.1, -0.05) is 17.7 Å². The van der Waals surface area contributed by atoms with E-state index in [4.69, 9.17) is 16.3 Å². The SMILES string of the molecule is COc1ncc(Cl)c(NC[C@@H]2CC(=O)N(C)[C@H]2c2cccnc2)n1. The van der Waals surface area contributed by atoms with Crippen LogP contribution in [0.3, 0.4) is 0 Å². The fourth-order valence-corrected chi connectivity index (χ4v) is 3.14. The number of amides is 1. The highest BCUT2D eigenvalue weighted by Crippen LogP contribution is 2.37. The molecule has 8 heteroatoms. The number of methoxy groups -OCH3 is 1. The minimum Gasteiger partial charge on any atom is -0.467 e. The number of ether oxygens (including phenoxy) is 1. The minimum atomic E-state index is -0.0267. The van der Waals surface area contributed by atoms with Gasteiger partial charge in [0, 0.05) is 38.3 Å². The van der Waals surface area contributed by atoms with E-state index in [1.165, 1.54) is 13.3 Å². The van der Waals surface area contributed by atoms with Gasteiger partial charge in [0.1, 0.15) is 5.02 Å². The lowest BCUT2D eigenvalue weighted by molar-refractivity contribution is -0.127. The predicted octanol–water partition coefficient (Wildman–Crippen LogP) is 2.17. The first-order valence-corrected chi connectivity index (χ1v) is 7.94. The van der Waals surface area contributed by atoms with Crippen molar-refractivity contribution >= 4 is 23.3 Å². The highest BCUT2D eigenvalue weighted by atomic mass is 35.5. The molecular weight excluding hydrogens is 330 g/mol. The third-order valence-corrected chi connectivity index (χ3v) is 4.43. The van der Waals surface area contributed by atoms with Crippen molar-refractivity contribution in [1.82, 2.24) is 19.9 Å². The Morgan fingerprint density at radius 2 is 2.29 bits per heavy atom. The van der Waals surface area contributed by atoms with Crippen LogP contribution in [0, 0.1) is 5.92 Å². The third-order valence-electron chi connectivity index (χ3n) is 4.16. The molecule has 0 aliphatic carbocycles. The first-order chi connectivity index (χ1) is 11.6. The summed E-state index contributed by atoms with van der Waals surface area (Å²) in [5.74, 6) is 0.696. The lowest BCUT2D eigenvalue weighted by Crippen LogP contribution is -2.26. The summed E-state index contributed by atoms with van der Waals surface area (Å²) in [6.07, 6.45) is 5.47. The number of nitrogens with zero attached hydrogens (tertiary/aromatic N) is 4. The van der Waals surface area contributed by atoms with Gasteiger partial charge in [0.05, 0.1) is 19.3 Å². The molecule has 1 amide bonds. The fraction of sp³-hybridized carbons (Fsp3) is 0.375. The monoisotopic (exact) mass is 347 g/mol. The number of carbonyl (C=O) groups is 1. The molecule has 7 nitrogen and oxygen atoms in total. The molecule has 3 heterocycles. The average Bonchev–Trinajstić information content (AvgIpc) is 2.89. The average molecular weight is 348 g/mol. The van der Waals surface area contributed by atoms with Gasteiger partial charge in [-0.25, -0.2) is 4.98 Å². The largest absolute Gasteiger partial charge is 0.467 e. The van der Waals surface area contributed by atoms with Crippen molar-refractivity contribution in [3.05, 3.63) is 41.3 Å². The molecule has 126 valence electrons. The molecule has 1 N–H and O–H groups in total. The number of nitrogens with one attached hydrogen (secondary N) is 1. The number of pyridine rings is 1. The van der Waals surface area contributed by atoms with Crippen LogP contribution in [0.4, 0.5) is 5.82 Å². The van der Waals surface area contributed by atoms with Crippen LogP contribution in [0.2, 0.25) is 5.02 Å². The second-order valence-corrected chi connectivity index (χ2v) is 6.04. The molecule has 0 bridgehead atoms. The molecular formula is C16H18ClN5O2. The van der Waals surface area contributed by atoms with Crippen LogP contribution in [-0.4, -0.2) is 46.5 Å². The zero-order valence-electron chi connectivity index (χ0n) is 13.4. The second-order valence-electron chi connectivity index (χ2n) is 5.63. The van der Waals surface area contributed by atoms with E-state index in [1.54, 1.807) is 17.3 Å². The van der Waals surface area contributed by atoms with Crippen LogP contribution >= 0.6 is 11.6 Å². The summed E-state index contributed by atoms with van der Waals surface area (Å²) in [4.78, 5) is 26.2. The van der Waals surface area contributed by atoms with Crippen LogP contribution in [0.15, 0.2) is 30.7 Å². The number of rotatable bonds is 5. The Balaban J connectivity index is 1.77. The standard InChI is InChI=1S/C16H18ClN5O2/c1-22-13(23)6-11(14(22)10-4-3-5-18-7-10)8-19-15-12(17)9-20-16(21-15)24-2/h3-5,7,9,11,14H,6,8H2,1-2H3,(H,19,20,21)/t11-,14-/m0/s1. The summed E-state index contributed by atoms with van der Waals surface area (Å²) >= 11 is 6.12. The van der Waals surface area contributed by atoms with E-state index in [0.717, 1.165) is 5.56 Å². The molecule has 0 unspecified atom stereocenters. The molecule has 1 aliphatic rings. The number of hydrogen-bond donors (Lipinski definition) is 1. The summed E-state index contributed by atoms with van der Waals surface area (Å²) in [7, 11) is 3.32. The Bertz CT molecular complexity index is 728. The normalized spacial score (nSPS) is 20.3. The first kappa shape index (κ1) is 16.4. The van der Waals surface area contributed by atoms with Crippen LogP contribution in [0.25, 0.3) is 0 Å². The van der Waals surface area contributed by atoms with Crippen LogP contribution in [0.5, 0.6) is 6.01 Å². The maximum Gasteiger partial charge on any atom is 0.318 e. The van der Waals surface area contributed by atoms with Gasteiger partial charge >= 0.3 is 6.01 Å². The van der Waals surface area contributed by atoms with Crippen LogP contribution in [-0.2, 0) is 4.79 Å². The number of likely N-dealkylation sites (tertiary alicyclic amines) is 1. The van der Waals surface area contributed by atoms with Crippen molar-refractivity contribution in [2.75, 3.05) is 26.0 Å². The summed E-state index contributed by atoms with van der Waals surface area (Å²) in [5, 5.41) is 3.62. The van der Waals surface area contributed by atoms with Crippen molar-refractivity contribution in [3.63, 3.8) is 0 Å². The lowest BCUT2D eigenvalue weighted by Gasteiger charge is -2.25. The Labute approximate surface area is 145 Å². The molecule has 2 aromatic rings. The number of aromatic nitrogens is 3. The van der Waals surface area contributed by atoms with E-state index in [1.807, 2.05) is 19.2 Å². The van der Waals surface area contributed by atoms with E-state index in [-0.39, 0.29) is 23.9 Å². The zero-order valence-corrected chi connectivity index (χ0v) is 14.2. The van der Waals surface area contributed by atoms with E-state index in [2.05, 4.69) is 20.3 Å². The number of carbonyl (C=O) groups excluding carboxylic acids is 1. The Morgan fingerprint density at radius 1 is 1.46 bits per heavy atom. The van der Waals surface area contributed by atoms with Gasteiger partial charge in [-0.15, -0.1) is 0 Å². The second kappa shape index (κ2) is 7.00. The molecule has 0 radical (unpaired) electrons. The van der Waals surface area contributed by atoms with Crippen molar-refractivity contribution < 1.29 is 9.53 Å². The smallest absolute Gasteiger partial charge is 0.318 e. The molecule has 1 aliphatic heterocycles. The minimum absolute atomic E-state index is 0.0267. The predicted molar refractivity (Wildman–Crippen MR) is 89.9 cm³/mol. The lowest BCUT2D eigenvalue weighted by atomic mass is 9.95. The Morgan fingerprint density at radius 3 is 3.00 bits per heavy atom. The molecule has 0 aromatic carbocycles. The first-order valence-electron chi connectivity index (χ1n) is 7.56. The zero-order chi connectivity index (χ0) is 17.1. The Hall–Kier alpha value is -2.41. The molecule has 2 atom stereocenters. The van der Waals surface area contributed by atoms with E-state index >= 15 is 0 Å². The van der Waals surface area contributed by atoms with E-state index < -0.39 is 0 Å². The fourth-order valence-electron chi connectivity index (χ4n) is 2.98. The van der Waals surface area contributed by atoms with Gasteiger partial charge in [-0.05, 0) is 11.6 Å². The highest BCUT2D eigenvalue weighted by Gasteiger charge is 2.38. The third kappa shape index (κ3) is 3.26. The van der Waals surface area contributed by atoms with Crippen molar-refractivity contribution in [2.24, 2.45) is 5.92 Å². The summed E-state index contributed by atoms with van der Waals surface area (Å²) in [6.45, 7) is 0.551. The van der Waals surface area contributed by atoms with Crippen LogP contribution < -0.4 is 10.1 Å². The molecule has 1 saturated heterocycles. The number of halogens is 1. The molecule has 0 saturated carbocycles. The maximum absolute atomic E-state index is 12.2. The molecule has 1 fully saturated rings. The van der Waals surface area contributed by atoms with Gasteiger partial charge in [0.2, 0.25) is 5.91 Å². The van der Waals surface area contributed by atoms with Gasteiger partial charge in [0.15, 0.2) is 5.82 Å². The number of hydrogen-bond acceptors (Lipinski definition) is 6. The molecule has 2 aromatic heterocycles. The van der Waals surface area contributed by atoms with Crippen molar-refractivity contribution in [2.45, 2.75) is 12.5 Å². The molecule has 24 heavy (non-hydrogen) atoms. The van der Waals surface area contributed by atoms with Gasteiger partial charge < -0.3 is 15.0 Å². The van der Waals surface area contributed by atoms with Gasteiger partial charge in [0.25, 0.3) is 0 Å². The van der Waals surface area contributed by atoms with Crippen molar-refractivity contribution in [3.8, 4) is 6.01 Å². The van der Waals surface area contributed by atoms with Gasteiger partial charge in [-0.2, -0.15) is 4.98 Å². The van der Waals surface area contributed by atoms with Crippen LogP contribution in [0.1, 0.15) is 18.0 Å².